The lowest BCUT2D eigenvalue weighted by molar-refractivity contribution is -0.384. The molecule has 4 aromatic carbocycles. The second-order valence-corrected chi connectivity index (χ2v) is 7.32. The fourth-order valence-corrected chi connectivity index (χ4v) is 3.30. The Morgan fingerprint density at radius 2 is 1.65 bits per heavy atom. The molecule has 0 unspecified atom stereocenters. The van der Waals surface area contributed by atoms with Gasteiger partial charge in [0.1, 0.15) is 5.75 Å². The number of nitrogens with one attached hydrogen (secondary N) is 1. The van der Waals surface area contributed by atoms with Crippen molar-refractivity contribution in [3.63, 3.8) is 0 Å². The van der Waals surface area contributed by atoms with Crippen molar-refractivity contribution in [3.8, 4) is 5.75 Å². The number of nitrogens with zero attached hydrogens (tertiary/aromatic N) is 4. The normalized spacial score (nSPS) is 11.3. The molecular weight excluding hydrogens is 434 g/mol. The highest BCUT2D eigenvalue weighted by Gasteiger charge is 2.07. The van der Waals surface area contributed by atoms with Crippen molar-refractivity contribution in [2.75, 3.05) is 0 Å². The van der Waals surface area contributed by atoms with Crippen molar-refractivity contribution in [2.45, 2.75) is 6.42 Å². The number of hydrazone groups is 1. The summed E-state index contributed by atoms with van der Waals surface area (Å²) in [5.74, 6) is -0.331. The van der Waals surface area contributed by atoms with Gasteiger partial charge in [0.2, 0.25) is 5.91 Å². The zero-order valence-corrected chi connectivity index (χ0v) is 17.8. The van der Waals surface area contributed by atoms with Gasteiger partial charge in [-0.05, 0) is 46.7 Å². The molecule has 0 saturated carbocycles. The number of hydrogen-bond donors (Lipinski definition) is 2. The highest BCUT2D eigenvalue weighted by molar-refractivity contribution is 5.91. The Morgan fingerprint density at radius 3 is 2.44 bits per heavy atom. The Bertz CT molecular complexity index is 1410. The van der Waals surface area contributed by atoms with Gasteiger partial charge in [0, 0.05) is 17.7 Å². The Labute approximate surface area is 194 Å². The van der Waals surface area contributed by atoms with Crippen molar-refractivity contribution in [1.29, 1.82) is 0 Å². The number of phenolic OH excluding ortho intramolecular Hbond substituents is 1. The lowest BCUT2D eigenvalue weighted by Crippen LogP contribution is -2.19. The van der Waals surface area contributed by atoms with Crippen LogP contribution in [0.1, 0.15) is 11.1 Å². The first kappa shape index (κ1) is 22.3. The van der Waals surface area contributed by atoms with Crippen LogP contribution in [0, 0.1) is 10.1 Å². The van der Waals surface area contributed by atoms with E-state index in [1.807, 2.05) is 42.5 Å². The molecule has 34 heavy (non-hydrogen) atoms. The average Bonchev–Trinajstić information content (AvgIpc) is 2.85. The highest BCUT2D eigenvalue weighted by atomic mass is 16.6. The maximum absolute atomic E-state index is 12.4. The van der Waals surface area contributed by atoms with Gasteiger partial charge in [-0.1, -0.05) is 42.5 Å². The number of hydrogen-bond acceptors (Lipinski definition) is 7. The highest BCUT2D eigenvalue weighted by Crippen LogP contribution is 2.25. The maximum atomic E-state index is 12.4. The molecule has 4 rings (SSSR count). The minimum atomic E-state index is -0.493. The van der Waals surface area contributed by atoms with E-state index in [-0.39, 0.29) is 23.8 Å². The van der Waals surface area contributed by atoms with Crippen LogP contribution >= 0.6 is 0 Å². The number of fused-ring (bicyclic) bond motifs is 1. The zero-order chi connectivity index (χ0) is 23.9. The molecule has 0 spiro atoms. The molecule has 0 aliphatic rings. The molecule has 9 heteroatoms. The van der Waals surface area contributed by atoms with E-state index in [1.54, 1.807) is 12.1 Å². The van der Waals surface area contributed by atoms with Crippen LogP contribution in [0.2, 0.25) is 0 Å². The van der Waals surface area contributed by atoms with Crippen molar-refractivity contribution in [1.82, 2.24) is 5.43 Å². The molecule has 0 aliphatic heterocycles. The van der Waals surface area contributed by atoms with Crippen LogP contribution in [-0.4, -0.2) is 22.2 Å². The number of non-ortho nitro benzene ring substituents is 1. The van der Waals surface area contributed by atoms with Crippen LogP contribution in [0.25, 0.3) is 10.8 Å². The van der Waals surface area contributed by atoms with Crippen LogP contribution in [0.15, 0.2) is 100 Å². The van der Waals surface area contributed by atoms with Crippen LogP contribution in [0.3, 0.4) is 0 Å². The Morgan fingerprint density at radius 1 is 0.941 bits per heavy atom. The summed E-state index contributed by atoms with van der Waals surface area (Å²) in [6, 6.07) is 23.8. The number of aromatic hydroxyl groups is 1. The molecule has 0 radical (unpaired) electrons. The lowest BCUT2D eigenvalue weighted by atomic mass is 10.0. The first-order valence-corrected chi connectivity index (χ1v) is 10.3. The van der Waals surface area contributed by atoms with Gasteiger partial charge in [-0.3, -0.25) is 14.9 Å². The van der Waals surface area contributed by atoms with Crippen LogP contribution in [0.4, 0.5) is 17.1 Å². The van der Waals surface area contributed by atoms with Gasteiger partial charge in [0.25, 0.3) is 5.69 Å². The number of azo groups is 1. The molecule has 2 N–H and O–H groups in total. The smallest absolute Gasteiger partial charge is 0.269 e. The van der Waals surface area contributed by atoms with E-state index in [0.717, 1.165) is 16.3 Å². The standard InChI is InChI=1S/C25H19N5O4/c31-24-13-10-21(28-27-20-8-11-22(12-9-20)30(33)34)14-19(24)16-26-29-25(32)15-18-6-3-5-17-4-1-2-7-23(17)18/h1-14,16,31H,15H2,(H,29,32). The number of nitro groups is 1. The van der Waals surface area contributed by atoms with Crippen molar-refractivity contribution >= 4 is 40.0 Å². The third-order valence-electron chi connectivity index (χ3n) is 4.98. The van der Waals surface area contributed by atoms with Gasteiger partial charge < -0.3 is 5.11 Å². The second-order valence-electron chi connectivity index (χ2n) is 7.32. The fraction of sp³-hybridized carbons (Fsp3) is 0.0400. The first-order chi connectivity index (χ1) is 16.5. The van der Waals surface area contributed by atoms with E-state index in [2.05, 4.69) is 20.8 Å². The van der Waals surface area contributed by atoms with Gasteiger partial charge in [-0.25, -0.2) is 5.43 Å². The molecule has 4 aromatic rings. The number of nitro benzene ring substituents is 1. The van der Waals surface area contributed by atoms with Gasteiger partial charge >= 0.3 is 0 Å². The third kappa shape index (κ3) is 5.46. The van der Waals surface area contributed by atoms with Crippen LogP contribution in [-0.2, 0) is 11.2 Å². The molecule has 0 aliphatic carbocycles. The monoisotopic (exact) mass is 453 g/mol. The van der Waals surface area contributed by atoms with E-state index >= 15 is 0 Å². The molecule has 0 aromatic heterocycles. The molecule has 0 heterocycles. The minimum absolute atomic E-state index is 0.0374. The number of carbonyl (C=O) groups excluding carboxylic acids is 1. The summed E-state index contributed by atoms with van der Waals surface area (Å²) in [6.45, 7) is 0. The number of carbonyl (C=O) groups is 1. The fourth-order valence-electron chi connectivity index (χ4n) is 3.30. The van der Waals surface area contributed by atoms with Gasteiger partial charge in [0.15, 0.2) is 0 Å². The van der Waals surface area contributed by atoms with Gasteiger partial charge in [-0.2, -0.15) is 15.3 Å². The van der Waals surface area contributed by atoms with Gasteiger partial charge in [-0.15, -0.1) is 0 Å². The maximum Gasteiger partial charge on any atom is 0.269 e. The molecule has 0 bridgehead atoms. The number of phenols is 1. The van der Waals surface area contributed by atoms with E-state index < -0.39 is 4.92 Å². The summed E-state index contributed by atoms with van der Waals surface area (Å²) in [5.41, 5.74) is 4.54. The van der Waals surface area contributed by atoms with E-state index in [0.29, 0.717) is 16.9 Å². The minimum Gasteiger partial charge on any atom is -0.507 e. The van der Waals surface area contributed by atoms with Crippen molar-refractivity contribution in [2.24, 2.45) is 15.3 Å². The summed E-state index contributed by atoms with van der Waals surface area (Å²) in [6.07, 6.45) is 1.48. The summed E-state index contributed by atoms with van der Waals surface area (Å²) in [7, 11) is 0. The molecule has 1 amide bonds. The van der Waals surface area contributed by atoms with Crippen LogP contribution in [0.5, 0.6) is 5.75 Å². The van der Waals surface area contributed by atoms with Crippen molar-refractivity contribution < 1.29 is 14.8 Å². The van der Waals surface area contributed by atoms with Crippen LogP contribution < -0.4 is 5.43 Å². The number of rotatable bonds is 7. The molecule has 0 atom stereocenters. The predicted octanol–water partition coefficient (Wildman–Crippen LogP) is 5.56. The van der Waals surface area contributed by atoms with Gasteiger partial charge in [0.05, 0.1) is 28.9 Å². The predicted molar refractivity (Wildman–Crippen MR) is 129 cm³/mol. The first-order valence-electron chi connectivity index (χ1n) is 10.3. The summed E-state index contributed by atoms with van der Waals surface area (Å²) in [5, 5.41) is 34.9. The lowest BCUT2D eigenvalue weighted by Gasteiger charge is -2.05. The molecule has 168 valence electrons. The summed E-state index contributed by atoms with van der Waals surface area (Å²) < 4.78 is 0. The summed E-state index contributed by atoms with van der Waals surface area (Å²) in [4.78, 5) is 22.6. The average molecular weight is 453 g/mol. The second kappa shape index (κ2) is 10.1. The Hall–Kier alpha value is -4.92. The largest absolute Gasteiger partial charge is 0.507 e. The molecule has 0 fully saturated rings. The Kier molecular flexibility index (Phi) is 6.64. The third-order valence-corrected chi connectivity index (χ3v) is 4.98. The SMILES string of the molecule is O=C(Cc1cccc2ccccc12)NN=Cc1cc(N=Nc2ccc([N+](=O)[O-])cc2)ccc1O. The van der Waals surface area contributed by atoms with E-state index in [4.69, 9.17) is 0 Å². The molecule has 0 saturated heterocycles. The topological polar surface area (TPSA) is 130 Å². The Balaban J connectivity index is 1.41. The zero-order valence-electron chi connectivity index (χ0n) is 17.8. The van der Waals surface area contributed by atoms with E-state index in [1.165, 1.54) is 36.5 Å². The molecule has 9 nitrogen and oxygen atoms in total. The number of benzene rings is 4. The summed E-state index contributed by atoms with van der Waals surface area (Å²) >= 11 is 0. The number of amides is 1. The quantitative estimate of drug-likeness (QED) is 0.164. The van der Waals surface area contributed by atoms with Crippen molar-refractivity contribution in [3.05, 3.63) is 106 Å². The molecular formula is C25H19N5O4. The van der Waals surface area contributed by atoms with E-state index in [9.17, 15) is 20.0 Å².